The molecule has 2 rings (SSSR count). The van der Waals surface area contributed by atoms with E-state index >= 15 is 0 Å². The number of carboxylic acids is 1. The number of carbonyl (C=O) groups is 1. The van der Waals surface area contributed by atoms with E-state index in [0.717, 1.165) is 6.26 Å². The van der Waals surface area contributed by atoms with Crippen LogP contribution in [0.5, 0.6) is 0 Å². The molecule has 0 unspecified atom stereocenters. The number of aromatic carboxylic acids is 1. The zero-order valence-corrected chi connectivity index (χ0v) is 11.4. The Morgan fingerprint density at radius 1 is 1.15 bits per heavy atom. The smallest absolute Gasteiger partial charge is 0.337 e. The third-order valence-electron chi connectivity index (χ3n) is 2.57. The van der Waals surface area contributed by atoms with Gasteiger partial charge in [-0.1, -0.05) is 0 Å². The van der Waals surface area contributed by atoms with Crippen molar-refractivity contribution in [2.45, 2.75) is 4.90 Å². The Balaban J connectivity index is 2.16. The van der Waals surface area contributed by atoms with Crippen molar-refractivity contribution in [2.24, 2.45) is 0 Å². The lowest BCUT2D eigenvalue weighted by Gasteiger charge is -2.06. The van der Waals surface area contributed by atoms with Crippen molar-refractivity contribution < 1.29 is 18.3 Å². The first-order valence-corrected chi connectivity index (χ1v) is 7.52. The van der Waals surface area contributed by atoms with Gasteiger partial charge in [0, 0.05) is 18.1 Å². The Labute approximate surface area is 116 Å². The lowest BCUT2D eigenvalue weighted by Crippen LogP contribution is -2.00. The van der Waals surface area contributed by atoms with Crippen molar-refractivity contribution >= 4 is 27.3 Å². The molecule has 0 amide bonds. The Morgan fingerprint density at radius 3 is 2.25 bits per heavy atom. The fraction of sp³-hybridized carbons (Fsp3) is 0.0769. The fourth-order valence-electron chi connectivity index (χ4n) is 1.53. The van der Waals surface area contributed by atoms with Gasteiger partial charge < -0.3 is 10.4 Å². The van der Waals surface area contributed by atoms with E-state index in [1.54, 1.807) is 12.1 Å². The van der Waals surface area contributed by atoms with Gasteiger partial charge in [-0.25, -0.2) is 18.2 Å². The topological polar surface area (TPSA) is 96.4 Å². The summed E-state index contributed by atoms with van der Waals surface area (Å²) >= 11 is 0. The number of hydrogen-bond acceptors (Lipinski definition) is 5. The summed E-state index contributed by atoms with van der Waals surface area (Å²) in [4.78, 5) is 14.9. The van der Waals surface area contributed by atoms with E-state index in [1.165, 1.54) is 30.5 Å². The van der Waals surface area contributed by atoms with Crippen molar-refractivity contribution in [3.63, 3.8) is 0 Å². The predicted octanol–water partition coefficient (Wildman–Crippen LogP) is 1.93. The molecule has 104 valence electrons. The number of benzene rings is 1. The molecule has 0 saturated carbocycles. The summed E-state index contributed by atoms with van der Waals surface area (Å²) in [6.45, 7) is 0. The van der Waals surface area contributed by atoms with Crippen LogP contribution in [-0.4, -0.2) is 30.7 Å². The van der Waals surface area contributed by atoms with Gasteiger partial charge in [-0.15, -0.1) is 0 Å². The second-order valence-corrected chi connectivity index (χ2v) is 6.17. The Morgan fingerprint density at radius 2 is 1.80 bits per heavy atom. The summed E-state index contributed by atoms with van der Waals surface area (Å²) in [6.07, 6.45) is 2.39. The molecule has 2 aromatic rings. The first-order valence-electron chi connectivity index (χ1n) is 5.63. The maximum atomic E-state index is 11.3. The van der Waals surface area contributed by atoms with Crippen molar-refractivity contribution in [1.82, 2.24) is 4.98 Å². The van der Waals surface area contributed by atoms with Crippen LogP contribution in [0.4, 0.5) is 11.5 Å². The van der Waals surface area contributed by atoms with Crippen molar-refractivity contribution in [2.75, 3.05) is 11.6 Å². The summed E-state index contributed by atoms with van der Waals surface area (Å²) in [5.41, 5.74) is 0.760. The molecule has 1 aromatic heterocycles. The summed E-state index contributed by atoms with van der Waals surface area (Å²) in [5, 5.41) is 11.7. The van der Waals surface area contributed by atoms with Crippen LogP contribution in [0.3, 0.4) is 0 Å². The molecule has 0 atom stereocenters. The number of anilines is 2. The quantitative estimate of drug-likeness (QED) is 0.893. The molecule has 0 spiro atoms. The van der Waals surface area contributed by atoms with Crippen LogP contribution in [0.1, 0.15) is 10.4 Å². The van der Waals surface area contributed by atoms with E-state index in [2.05, 4.69) is 10.3 Å². The number of pyridine rings is 1. The van der Waals surface area contributed by atoms with E-state index in [4.69, 9.17) is 5.11 Å². The van der Waals surface area contributed by atoms with E-state index in [1.807, 2.05) is 0 Å². The Hall–Kier alpha value is -2.41. The second kappa shape index (κ2) is 5.30. The van der Waals surface area contributed by atoms with Crippen LogP contribution >= 0.6 is 0 Å². The monoisotopic (exact) mass is 292 g/mol. The number of hydrogen-bond donors (Lipinski definition) is 2. The first-order chi connectivity index (χ1) is 9.36. The fourth-order valence-corrected chi connectivity index (χ4v) is 2.16. The molecule has 6 nitrogen and oxygen atoms in total. The highest BCUT2D eigenvalue weighted by atomic mass is 32.2. The molecule has 0 aliphatic carbocycles. The predicted molar refractivity (Wildman–Crippen MR) is 74.0 cm³/mol. The SMILES string of the molecule is CS(=O)(=O)c1ccc(Nc2ccc(C(=O)O)cn2)cc1. The largest absolute Gasteiger partial charge is 0.478 e. The highest BCUT2D eigenvalue weighted by Crippen LogP contribution is 2.17. The molecule has 0 fully saturated rings. The van der Waals surface area contributed by atoms with Crippen LogP contribution < -0.4 is 5.32 Å². The molecular formula is C13H12N2O4S. The highest BCUT2D eigenvalue weighted by Gasteiger charge is 2.07. The summed E-state index contributed by atoms with van der Waals surface area (Å²) in [6, 6.07) is 9.18. The van der Waals surface area contributed by atoms with Gasteiger partial charge in [-0.2, -0.15) is 0 Å². The second-order valence-electron chi connectivity index (χ2n) is 4.16. The van der Waals surface area contributed by atoms with Crippen molar-refractivity contribution in [1.29, 1.82) is 0 Å². The minimum atomic E-state index is -3.22. The summed E-state index contributed by atoms with van der Waals surface area (Å²) < 4.78 is 22.6. The van der Waals surface area contributed by atoms with Crippen LogP contribution in [0.2, 0.25) is 0 Å². The first kappa shape index (κ1) is 14.0. The number of nitrogens with one attached hydrogen (secondary N) is 1. The Kier molecular flexibility index (Phi) is 3.71. The number of carboxylic acid groups (broad SMARTS) is 1. The minimum Gasteiger partial charge on any atom is -0.478 e. The van der Waals surface area contributed by atoms with Crippen LogP contribution in [0.25, 0.3) is 0 Å². The van der Waals surface area contributed by atoms with Crippen molar-refractivity contribution in [3.05, 3.63) is 48.2 Å². The molecule has 20 heavy (non-hydrogen) atoms. The van der Waals surface area contributed by atoms with E-state index in [0.29, 0.717) is 11.5 Å². The number of nitrogens with zero attached hydrogens (tertiary/aromatic N) is 1. The van der Waals surface area contributed by atoms with Gasteiger partial charge in [-0.05, 0) is 36.4 Å². The number of aromatic nitrogens is 1. The summed E-state index contributed by atoms with van der Waals surface area (Å²) in [5.74, 6) is -0.566. The highest BCUT2D eigenvalue weighted by molar-refractivity contribution is 7.90. The molecule has 0 aliphatic rings. The van der Waals surface area contributed by atoms with Gasteiger partial charge in [0.1, 0.15) is 5.82 Å². The van der Waals surface area contributed by atoms with Crippen LogP contribution in [-0.2, 0) is 9.84 Å². The van der Waals surface area contributed by atoms with E-state index in [9.17, 15) is 13.2 Å². The zero-order chi connectivity index (χ0) is 14.8. The van der Waals surface area contributed by atoms with Crippen LogP contribution in [0, 0.1) is 0 Å². The van der Waals surface area contributed by atoms with E-state index < -0.39 is 15.8 Å². The molecule has 0 aliphatic heterocycles. The van der Waals surface area contributed by atoms with Gasteiger partial charge in [0.2, 0.25) is 0 Å². The minimum absolute atomic E-state index is 0.1000. The third kappa shape index (κ3) is 3.33. The molecule has 1 aromatic carbocycles. The summed E-state index contributed by atoms with van der Waals surface area (Å²) in [7, 11) is -3.22. The maximum Gasteiger partial charge on any atom is 0.337 e. The average Bonchev–Trinajstić information content (AvgIpc) is 2.39. The number of sulfone groups is 1. The zero-order valence-electron chi connectivity index (χ0n) is 10.6. The van der Waals surface area contributed by atoms with Gasteiger partial charge in [-0.3, -0.25) is 0 Å². The lowest BCUT2D eigenvalue weighted by molar-refractivity contribution is 0.0696. The molecule has 0 bridgehead atoms. The number of rotatable bonds is 4. The van der Waals surface area contributed by atoms with Gasteiger partial charge in [0.05, 0.1) is 10.5 Å². The molecule has 0 saturated heterocycles. The van der Waals surface area contributed by atoms with E-state index in [-0.39, 0.29) is 10.5 Å². The average molecular weight is 292 g/mol. The normalized spacial score (nSPS) is 11.1. The molecule has 2 N–H and O–H groups in total. The molecule has 1 heterocycles. The van der Waals surface area contributed by atoms with Gasteiger partial charge >= 0.3 is 5.97 Å². The maximum absolute atomic E-state index is 11.3. The molecule has 7 heteroatoms. The van der Waals surface area contributed by atoms with Crippen molar-refractivity contribution in [3.8, 4) is 0 Å². The van der Waals surface area contributed by atoms with Gasteiger partial charge in [0.15, 0.2) is 9.84 Å². The standard InChI is InChI=1S/C13H12N2O4S/c1-20(18,19)11-5-3-10(4-6-11)15-12-7-2-9(8-14-12)13(16)17/h2-8H,1H3,(H,14,15)(H,16,17). The lowest BCUT2D eigenvalue weighted by atomic mass is 10.3. The third-order valence-corrected chi connectivity index (χ3v) is 3.69. The Bertz CT molecular complexity index is 722. The molecular weight excluding hydrogens is 280 g/mol. The van der Waals surface area contributed by atoms with Crippen LogP contribution in [0.15, 0.2) is 47.5 Å². The van der Waals surface area contributed by atoms with Gasteiger partial charge in [0.25, 0.3) is 0 Å². The molecule has 0 radical (unpaired) electrons.